The van der Waals surface area contributed by atoms with Crippen LogP contribution in [0.15, 0.2) is 36.5 Å². The van der Waals surface area contributed by atoms with Crippen LogP contribution in [0.5, 0.6) is 0 Å². The monoisotopic (exact) mass is 259 g/mol. The Morgan fingerprint density at radius 3 is 2.84 bits per heavy atom. The second-order valence-electron chi connectivity index (χ2n) is 4.66. The van der Waals surface area contributed by atoms with Gasteiger partial charge in [-0.15, -0.1) is 0 Å². The number of nitrogens with one attached hydrogen (secondary N) is 1. The van der Waals surface area contributed by atoms with Crippen LogP contribution < -0.4 is 11.1 Å². The zero-order valence-corrected chi connectivity index (χ0v) is 11.2. The Morgan fingerprint density at radius 1 is 1.37 bits per heavy atom. The Labute approximate surface area is 112 Å². The van der Waals surface area contributed by atoms with E-state index < -0.39 is 0 Å². The average molecular weight is 259 g/mol. The molecule has 1 unspecified atom stereocenters. The lowest BCUT2D eigenvalue weighted by Crippen LogP contribution is -2.20. The number of halogens is 1. The standard InChI is InChI=1S/C15H18FN3/c1-10-6-13(15(17)19-9-10)14(18-2)8-11-4-3-5-12(16)7-11/h3-7,9,14,18H,8H2,1-2H3,(H2,17,19). The van der Waals surface area contributed by atoms with Crippen molar-refractivity contribution in [1.82, 2.24) is 10.3 Å². The van der Waals surface area contributed by atoms with E-state index in [-0.39, 0.29) is 11.9 Å². The maximum absolute atomic E-state index is 13.2. The maximum atomic E-state index is 13.2. The van der Waals surface area contributed by atoms with Crippen molar-refractivity contribution in [2.45, 2.75) is 19.4 Å². The number of nitrogens with two attached hydrogens (primary N) is 1. The number of hydrogen-bond donors (Lipinski definition) is 2. The van der Waals surface area contributed by atoms with E-state index in [4.69, 9.17) is 5.73 Å². The minimum absolute atomic E-state index is 0.0224. The molecule has 4 heteroatoms. The number of rotatable bonds is 4. The molecule has 0 bridgehead atoms. The van der Waals surface area contributed by atoms with E-state index in [2.05, 4.69) is 10.3 Å². The van der Waals surface area contributed by atoms with Gasteiger partial charge in [0.25, 0.3) is 0 Å². The van der Waals surface area contributed by atoms with Gasteiger partial charge in [-0.1, -0.05) is 12.1 Å². The Hall–Kier alpha value is -1.94. The molecule has 1 aromatic heterocycles. The third-order valence-corrected chi connectivity index (χ3v) is 3.14. The smallest absolute Gasteiger partial charge is 0.128 e. The van der Waals surface area contributed by atoms with E-state index >= 15 is 0 Å². The topological polar surface area (TPSA) is 50.9 Å². The zero-order chi connectivity index (χ0) is 13.8. The molecule has 0 aliphatic heterocycles. The molecule has 19 heavy (non-hydrogen) atoms. The van der Waals surface area contributed by atoms with Crippen molar-refractivity contribution >= 4 is 5.82 Å². The highest BCUT2D eigenvalue weighted by Crippen LogP contribution is 2.23. The van der Waals surface area contributed by atoms with Crippen LogP contribution in [0.2, 0.25) is 0 Å². The Morgan fingerprint density at radius 2 is 2.16 bits per heavy atom. The lowest BCUT2D eigenvalue weighted by atomic mass is 9.98. The van der Waals surface area contributed by atoms with Crippen molar-refractivity contribution < 1.29 is 4.39 Å². The summed E-state index contributed by atoms with van der Waals surface area (Å²) in [5.74, 6) is 0.295. The fourth-order valence-electron chi connectivity index (χ4n) is 2.15. The van der Waals surface area contributed by atoms with Gasteiger partial charge in [-0.25, -0.2) is 9.37 Å². The van der Waals surface area contributed by atoms with Crippen LogP contribution in [0, 0.1) is 12.7 Å². The van der Waals surface area contributed by atoms with Gasteiger partial charge >= 0.3 is 0 Å². The number of pyridine rings is 1. The first kappa shape index (κ1) is 13.5. The number of nitrogen functional groups attached to an aromatic ring is 1. The summed E-state index contributed by atoms with van der Waals surface area (Å²) in [6.45, 7) is 1.98. The van der Waals surface area contributed by atoms with Crippen molar-refractivity contribution in [3.05, 3.63) is 59.0 Å². The van der Waals surface area contributed by atoms with Gasteiger partial charge in [0, 0.05) is 17.8 Å². The first-order valence-corrected chi connectivity index (χ1v) is 6.24. The summed E-state index contributed by atoms with van der Waals surface area (Å²) in [6, 6.07) is 8.66. The average Bonchev–Trinajstić information content (AvgIpc) is 2.39. The summed E-state index contributed by atoms with van der Waals surface area (Å²) in [6.07, 6.45) is 2.41. The van der Waals surface area contributed by atoms with Gasteiger partial charge in [-0.05, 0) is 49.7 Å². The minimum Gasteiger partial charge on any atom is -0.383 e. The summed E-state index contributed by atoms with van der Waals surface area (Å²) in [7, 11) is 1.87. The van der Waals surface area contributed by atoms with Crippen molar-refractivity contribution in [3.63, 3.8) is 0 Å². The molecule has 1 heterocycles. The number of benzene rings is 1. The SMILES string of the molecule is CNC(Cc1cccc(F)c1)c1cc(C)cnc1N. The molecule has 1 atom stereocenters. The highest BCUT2D eigenvalue weighted by Gasteiger charge is 2.14. The molecule has 0 amide bonds. The van der Waals surface area contributed by atoms with Gasteiger partial charge in [-0.3, -0.25) is 0 Å². The fraction of sp³-hybridized carbons (Fsp3) is 0.267. The van der Waals surface area contributed by atoms with Crippen molar-refractivity contribution in [1.29, 1.82) is 0 Å². The van der Waals surface area contributed by atoms with E-state index in [1.54, 1.807) is 18.3 Å². The molecule has 0 aliphatic carbocycles. The first-order chi connectivity index (χ1) is 9.10. The lowest BCUT2D eigenvalue weighted by molar-refractivity contribution is 0.584. The van der Waals surface area contributed by atoms with E-state index in [1.807, 2.05) is 26.1 Å². The van der Waals surface area contributed by atoms with Crippen LogP contribution in [-0.4, -0.2) is 12.0 Å². The molecule has 1 aromatic carbocycles. The quantitative estimate of drug-likeness (QED) is 0.887. The number of likely N-dealkylation sites (N-methyl/N-ethyl adjacent to an activating group) is 1. The molecule has 3 nitrogen and oxygen atoms in total. The van der Waals surface area contributed by atoms with Crippen molar-refractivity contribution in [2.75, 3.05) is 12.8 Å². The minimum atomic E-state index is -0.220. The highest BCUT2D eigenvalue weighted by atomic mass is 19.1. The van der Waals surface area contributed by atoms with Crippen molar-refractivity contribution in [3.8, 4) is 0 Å². The predicted octanol–water partition coefficient (Wildman–Crippen LogP) is 2.61. The third-order valence-electron chi connectivity index (χ3n) is 3.14. The normalized spacial score (nSPS) is 12.4. The van der Waals surface area contributed by atoms with Crippen LogP contribution in [0.1, 0.15) is 22.7 Å². The van der Waals surface area contributed by atoms with Gasteiger partial charge < -0.3 is 11.1 Å². The van der Waals surface area contributed by atoms with Crippen LogP contribution in [0.25, 0.3) is 0 Å². The van der Waals surface area contributed by atoms with Crippen LogP contribution in [-0.2, 0) is 6.42 Å². The molecule has 0 fully saturated rings. The van der Waals surface area contributed by atoms with Gasteiger partial charge in [0.2, 0.25) is 0 Å². The molecule has 2 aromatic rings. The van der Waals surface area contributed by atoms with Crippen LogP contribution >= 0.6 is 0 Å². The molecule has 0 saturated heterocycles. The van der Waals surface area contributed by atoms with E-state index in [0.717, 1.165) is 16.7 Å². The van der Waals surface area contributed by atoms with Gasteiger partial charge in [0.05, 0.1) is 0 Å². The van der Waals surface area contributed by atoms with Gasteiger partial charge in [0.1, 0.15) is 11.6 Å². The Bertz CT molecular complexity index is 569. The van der Waals surface area contributed by atoms with Crippen LogP contribution in [0.3, 0.4) is 0 Å². The van der Waals surface area contributed by atoms with Crippen molar-refractivity contribution in [2.24, 2.45) is 0 Å². The van der Waals surface area contributed by atoms with E-state index in [1.165, 1.54) is 6.07 Å². The second-order valence-corrected chi connectivity index (χ2v) is 4.66. The zero-order valence-electron chi connectivity index (χ0n) is 11.2. The summed E-state index contributed by atoms with van der Waals surface area (Å²) < 4.78 is 13.2. The number of hydrogen-bond acceptors (Lipinski definition) is 3. The maximum Gasteiger partial charge on any atom is 0.128 e. The lowest BCUT2D eigenvalue weighted by Gasteiger charge is -2.18. The molecule has 0 radical (unpaired) electrons. The summed E-state index contributed by atoms with van der Waals surface area (Å²) in [4.78, 5) is 4.17. The van der Waals surface area contributed by atoms with E-state index in [0.29, 0.717) is 12.2 Å². The Kier molecular flexibility index (Phi) is 4.12. The summed E-state index contributed by atoms with van der Waals surface area (Å²) >= 11 is 0. The fourth-order valence-corrected chi connectivity index (χ4v) is 2.15. The molecule has 0 spiro atoms. The second kappa shape index (κ2) is 5.80. The number of aryl methyl sites for hydroxylation is 1. The number of aromatic nitrogens is 1. The first-order valence-electron chi connectivity index (χ1n) is 6.24. The summed E-state index contributed by atoms with van der Waals surface area (Å²) in [5.41, 5.74) is 8.86. The molecule has 100 valence electrons. The van der Waals surface area contributed by atoms with Crippen LogP contribution in [0.4, 0.5) is 10.2 Å². The summed E-state index contributed by atoms with van der Waals surface area (Å²) in [5, 5.41) is 3.21. The predicted molar refractivity (Wildman–Crippen MR) is 75.3 cm³/mol. The third kappa shape index (κ3) is 3.29. The molecule has 3 N–H and O–H groups in total. The van der Waals surface area contributed by atoms with Gasteiger partial charge in [-0.2, -0.15) is 0 Å². The highest BCUT2D eigenvalue weighted by molar-refractivity contribution is 5.43. The Balaban J connectivity index is 2.27. The number of anilines is 1. The molecule has 0 saturated carbocycles. The number of nitrogens with zero attached hydrogens (tertiary/aromatic N) is 1. The molecular formula is C15H18FN3. The molecule has 0 aliphatic rings. The molecular weight excluding hydrogens is 241 g/mol. The molecule has 2 rings (SSSR count). The largest absolute Gasteiger partial charge is 0.383 e. The van der Waals surface area contributed by atoms with E-state index in [9.17, 15) is 4.39 Å². The van der Waals surface area contributed by atoms with Gasteiger partial charge in [0.15, 0.2) is 0 Å².